The van der Waals surface area contributed by atoms with Crippen LogP contribution in [-0.2, 0) is 4.74 Å². The van der Waals surface area contributed by atoms with Gasteiger partial charge >= 0.3 is 11.9 Å². The van der Waals surface area contributed by atoms with Gasteiger partial charge in [0.1, 0.15) is 36.0 Å². The van der Waals surface area contributed by atoms with Crippen LogP contribution in [0.5, 0.6) is 17.2 Å². The summed E-state index contributed by atoms with van der Waals surface area (Å²) in [4.78, 5) is 24.5. The number of halogens is 1. The van der Waals surface area contributed by atoms with E-state index in [1.165, 1.54) is 19.2 Å². The van der Waals surface area contributed by atoms with Crippen molar-refractivity contribution in [1.82, 2.24) is 0 Å². The van der Waals surface area contributed by atoms with E-state index in [1.54, 1.807) is 30.3 Å². The second kappa shape index (κ2) is 10.5. The molecule has 0 aromatic heterocycles. The van der Waals surface area contributed by atoms with E-state index < -0.39 is 11.9 Å². The number of esters is 2. The van der Waals surface area contributed by atoms with Crippen LogP contribution in [0.4, 0.5) is 0 Å². The zero-order chi connectivity index (χ0) is 21.3. The maximum atomic E-state index is 12.6. The summed E-state index contributed by atoms with van der Waals surface area (Å²) in [6.07, 6.45) is 0. The summed E-state index contributed by atoms with van der Waals surface area (Å²) in [7, 11) is 1.26. The molecule has 7 heteroatoms. The first-order valence-electron chi connectivity index (χ1n) is 9.07. The predicted octanol–water partition coefficient (Wildman–Crippen LogP) is 4.91. The fourth-order valence-electron chi connectivity index (χ4n) is 2.57. The number of hydrogen-bond acceptors (Lipinski definition) is 6. The van der Waals surface area contributed by atoms with Gasteiger partial charge in [-0.1, -0.05) is 40.2 Å². The molecular weight excluding hydrogens is 452 g/mol. The number of rotatable bonds is 8. The molecule has 0 fully saturated rings. The van der Waals surface area contributed by atoms with E-state index in [0.29, 0.717) is 23.4 Å². The summed E-state index contributed by atoms with van der Waals surface area (Å²) in [5, 5.41) is 0. The highest BCUT2D eigenvalue weighted by molar-refractivity contribution is 9.10. The Balaban J connectivity index is 1.61. The average molecular weight is 471 g/mol. The number of carbonyl (C=O) groups excluding carboxylic acids is 2. The molecular formula is C23H19BrO6. The number of methoxy groups -OCH3 is 1. The summed E-state index contributed by atoms with van der Waals surface area (Å²) >= 11 is 3.28. The van der Waals surface area contributed by atoms with Crippen LogP contribution in [0.25, 0.3) is 0 Å². The van der Waals surface area contributed by atoms with Gasteiger partial charge in [0.25, 0.3) is 0 Å². The van der Waals surface area contributed by atoms with Gasteiger partial charge in [-0.25, -0.2) is 9.59 Å². The molecule has 0 unspecified atom stereocenters. The Morgan fingerprint density at radius 2 is 1.50 bits per heavy atom. The lowest BCUT2D eigenvalue weighted by molar-refractivity contribution is 0.0593. The van der Waals surface area contributed by atoms with Crippen LogP contribution >= 0.6 is 15.9 Å². The predicted molar refractivity (Wildman–Crippen MR) is 114 cm³/mol. The van der Waals surface area contributed by atoms with E-state index in [1.807, 2.05) is 30.3 Å². The molecule has 30 heavy (non-hydrogen) atoms. The highest BCUT2D eigenvalue weighted by Gasteiger charge is 2.18. The lowest BCUT2D eigenvalue weighted by Gasteiger charge is -2.11. The Morgan fingerprint density at radius 3 is 2.23 bits per heavy atom. The average Bonchev–Trinajstić information content (AvgIpc) is 2.78. The van der Waals surface area contributed by atoms with Crippen LogP contribution in [-0.4, -0.2) is 32.3 Å². The van der Waals surface area contributed by atoms with Crippen molar-refractivity contribution < 1.29 is 28.5 Å². The molecule has 0 spiro atoms. The van der Waals surface area contributed by atoms with Crippen molar-refractivity contribution >= 4 is 27.9 Å². The summed E-state index contributed by atoms with van der Waals surface area (Å²) in [6, 6.07) is 20.7. The second-order valence-corrected chi connectivity index (χ2v) is 6.98. The van der Waals surface area contributed by atoms with Crippen molar-refractivity contribution in [2.45, 2.75) is 0 Å². The van der Waals surface area contributed by atoms with E-state index in [9.17, 15) is 9.59 Å². The highest BCUT2D eigenvalue weighted by atomic mass is 79.9. The zero-order valence-electron chi connectivity index (χ0n) is 16.2. The topological polar surface area (TPSA) is 71.1 Å². The standard InChI is InChI=1S/C23H19BrO6/c1-27-23(26)20-15-17(24)10-11-21(20)30-22(25)16-6-5-9-19(14-16)29-13-12-28-18-7-3-2-4-8-18/h2-11,14-15H,12-13H2,1H3. The van der Waals surface area contributed by atoms with Gasteiger partial charge in [0.05, 0.1) is 12.7 Å². The third kappa shape index (κ3) is 5.84. The Bertz CT molecular complexity index is 1020. The van der Waals surface area contributed by atoms with Crippen LogP contribution in [0, 0.1) is 0 Å². The van der Waals surface area contributed by atoms with Crippen molar-refractivity contribution in [1.29, 1.82) is 0 Å². The highest BCUT2D eigenvalue weighted by Crippen LogP contribution is 2.25. The van der Waals surface area contributed by atoms with Gasteiger partial charge in [-0.3, -0.25) is 0 Å². The SMILES string of the molecule is COC(=O)c1cc(Br)ccc1OC(=O)c1cccc(OCCOc2ccccc2)c1. The molecule has 0 saturated carbocycles. The molecule has 6 nitrogen and oxygen atoms in total. The van der Waals surface area contributed by atoms with Gasteiger partial charge in [-0.15, -0.1) is 0 Å². The van der Waals surface area contributed by atoms with Gasteiger partial charge < -0.3 is 18.9 Å². The maximum absolute atomic E-state index is 12.6. The van der Waals surface area contributed by atoms with Gasteiger partial charge in [0.2, 0.25) is 0 Å². The van der Waals surface area contributed by atoms with Crippen LogP contribution in [0.15, 0.2) is 77.3 Å². The summed E-state index contributed by atoms with van der Waals surface area (Å²) in [5.41, 5.74) is 0.431. The van der Waals surface area contributed by atoms with Crippen molar-refractivity contribution in [3.05, 3.63) is 88.4 Å². The van der Waals surface area contributed by atoms with Crippen molar-refractivity contribution in [3.8, 4) is 17.2 Å². The van der Waals surface area contributed by atoms with E-state index in [0.717, 1.165) is 5.75 Å². The Kier molecular flexibility index (Phi) is 7.45. The van der Waals surface area contributed by atoms with E-state index in [2.05, 4.69) is 15.9 Å². The number of ether oxygens (including phenoxy) is 4. The molecule has 3 aromatic rings. The molecule has 0 aliphatic rings. The Hall–Kier alpha value is -3.32. The minimum absolute atomic E-state index is 0.109. The molecule has 0 saturated heterocycles. The third-order valence-corrected chi connectivity index (χ3v) is 4.48. The molecule has 0 heterocycles. The summed E-state index contributed by atoms with van der Waals surface area (Å²) in [6.45, 7) is 0.673. The fraction of sp³-hybridized carbons (Fsp3) is 0.130. The van der Waals surface area contributed by atoms with Crippen LogP contribution in [0.1, 0.15) is 20.7 Å². The van der Waals surface area contributed by atoms with Crippen molar-refractivity contribution in [3.63, 3.8) is 0 Å². The number of carbonyl (C=O) groups is 2. The van der Waals surface area contributed by atoms with Crippen LogP contribution < -0.4 is 14.2 Å². The van der Waals surface area contributed by atoms with Crippen molar-refractivity contribution in [2.24, 2.45) is 0 Å². The molecule has 3 rings (SSSR count). The summed E-state index contributed by atoms with van der Waals surface area (Å²) in [5.74, 6) is 0.153. The summed E-state index contributed by atoms with van der Waals surface area (Å²) < 4.78 is 22.0. The van der Waals surface area contributed by atoms with E-state index >= 15 is 0 Å². The third-order valence-electron chi connectivity index (χ3n) is 3.98. The number of benzene rings is 3. The molecule has 0 aliphatic heterocycles. The van der Waals surface area contributed by atoms with Gasteiger partial charge in [0.15, 0.2) is 0 Å². The maximum Gasteiger partial charge on any atom is 0.343 e. The van der Waals surface area contributed by atoms with Gasteiger partial charge in [-0.05, 0) is 48.5 Å². The molecule has 0 atom stereocenters. The normalized spacial score (nSPS) is 10.2. The van der Waals surface area contributed by atoms with Gasteiger partial charge in [0, 0.05) is 4.47 Å². The molecule has 0 radical (unpaired) electrons. The fourth-order valence-corrected chi connectivity index (χ4v) is 2.93. The zero-order valence-corrected chi connectivity index (χ0v) is 17.8. The number of hydrogen-bond donors (Lipinski definition) is 0. The molecule has 0 N–H and O–H groups in total. The quantitative estimate of drug-likeness (QED) is 0.264. The van der Waals surface area contributed by atoms with Crippen LogP contribution in [0.2, 0.25) is 0 Å². The lowest BCUT2D eigenvalue weighted by Crippen LogP contribution is -2.13. The molecule has 0 aliphatic carbocycles. The molecule has 0 bridgehead atoms. The molecule has 3 aromatic carbocycles. The van der Waals surface area contributed by atoms with E-state index in [4.69, 9.17) is 18.9 Å². The van der Waals surface area contributed by atoms with E-state index in [-0.39, 0.29) is 16.9 Å². The number of para-hydroxylation sites is 1. The monoisotopic (exact) mass is 470 g/mol. The Morgan fingerprint density at radius 1 is 0.800 bits per heavy atom. The van der Waals surface area contributed by atoms with Gasteiger partial charge in [-0.2, -0.15) is 0 Å². The lowest BCUT2D eigenvalue weighted by atomic mass is 10.2. The first-order chi connectivity index (χ1) is 14.6. The first kappa shape index (κ1) is 21.4. The van der Waals surface area contributed by atoms with Crippen LogP contribution in [0.3, 0.4) is 0 Å². The van der Waals surface area contributed by atoms with Crippen molar-refractivity contribution in [2.75, 3.05) is 20.3 Å². The second-order valence-electron chi connectivity index (χ2n) is 6.06. The largest absolute Gasteiger partial charge is 0.490 e. The minimum atomic E-state index is -0.617. The smallest absolute Gasteiger partial charge is 0.343 e. The first-order valence-corrected chi connectivity index (χ1v) is 9.87. The Labute approximate surface area is 182 Å². The molecule has 0 amide bonds. The minimum Gasteiger partial charge on any atom is -0.490 e. The molecule has 154 valence electrons.